The molecule has 1 N–H and O–H groups in total. The molecule has 1 aromatic heterocycles. The van der Waals surface area contributed by atoms with Crippen LogP contribution in [0, 0.1) is 0 Å². The number of hydrogen-bond acceptors (Lipinski definition) is 4. The van der Waals surface area contributed by atoms with Gasteiger partial charge in [-0.2, -0.15) is 0 Å². The van der Waals surface area contributed by atoms with Crippen molar-refractivity contribution < 1.29 is 4.79 Å². The molecule has 1 aliphatic rings. The second-order valence-corrected chi connectivity index (χ2v) is 5.22. The number of nitrogens with zero attached hydrogens (tertiary/aromatic N) is 3. The average Bonchev–Trinajstić information content (AvgIpc) is 2.67. The minimum atomic E-state index is 0.184. The molecule has 1 aliphatic heterocycles. The summed E-state index contributed by atoms with van der Waals surface area (Å²) in [5.41, 5.74) is 1.22. The molecule has 5 nitrogen and oxygen atoms in total. The third-order valence-electron chi connectivity index (χ3n) is 3.62. The van der Waals surface area contributed by atoms with Gasteiger partial charge in [0, 0.05) is 52.4 Å². The summed E-state index contributed by atoms with van der Waals surface area (Å²) in [4.78, 5) is 20.1. The maximum absolute atomic E-state index is 11.4. The number of rotatable bonds is 4. The maximum Gasteiger partial charge on any atom is 0.219 e. The molecule has 110 valence electrons. The molecule has 0 saturated carbocycles. The summed E-state index contributed by atoms with van der Waals surface area (Å²) in [5.74, 6) is 1.11. The Morgan fingerprint density at radius 2 is 2.15 bits per heavy atom. The predicted octanol–water partition coefficient (Wildman–Crippen LogP) is 1.57. The van der Waals surface area contributed by atoms with Crippen molar-refractivity contribution in [3.63, 3.8) is 0 Å². The topological polar surface area (TPSA) is 48.5 Å². The molecule has 1 aromatic rings. The first-order chi connectivity index (χ1) is 9.69. The van der Waals surface area contributed by atoms with Crippen LogP contribution in [0.15, 0.2) is 18.3 Å². The van der Waals surface area contributed by atoms with E-state index in [0.29, 0.717) is 0 Å². The number of hydrogen-bond donors (Lipinski definition) is 1. The molecule has 1 amide bonds. The number of nitrogens with one attached hydrogen (secondary N) is 1. The Morgan fingerprint density at radius 1 is 1.30 bits per heavy atom. The van der Waals surface area contributed by atoms with Gasteiger partial charge in [-0.15, -0.1) is 0 Å². The van der Waals surface area contributed by atoms with Crippen LogP contribution in [0.4, 0.5) is 5.82 Å². The zero-order valence-corrected chi connectivity index (χ0v) is 12.4. The van der Waals surface area contributed by atoms with E-state index in [0.717, 1.165) is 51.5 Å². The molecule has 5 heteroatoms. The fourth-order valence-electron chi connectivity index (χ4n) is 2.51. The number of amides is 1. The number of aromatic nitrogens is 1. The highest BCUT2D eigenvalue weighted by Crippen LogP contribution is 2.10. The summed E-state index contributed by atoms with van der Waals surface area (Å²) in [6.07, 6.45) is 2.98. The maximum atomic E-state index is 11.4. The standard InChI is InChI=1S/C15H24N4O/c1-3-16-15-6-5-14(11-17-15)12-18-7-4-8-19(10-9-18)13(2)20/h5-6,11H,3-4,7-10,12H2,1-2H3,(H,16,17). The molecule has 0 unspecified atom stereocenters. The summed E-state index contributed by atoms with van der Waals surface area (Å²) in [6.45, 7) is 9.20. The fourth-order valence-corrected chi connectivity index (χ4v) is 2.51. The van der Waals surface area contributed by atoms with Gasteiger partial charge in [0.05, 0.1) is 0 Å². The van der Waals surface area contributed by atoms with E-state index in [-0.39, 0.29) is 5.91 Å². The molecule has 0 radical (unpaired) electrons. The molecule has 1 fully saturated rings. The molecule has 2 rings (SSSR count). The van der Waals surface area contributed by atoms with Gasteiger partial charge in [-0.25, -0.2) is 4.98 Å². The van der Waals surface area contributed by atoms with Gasteiger partial charge in [-0.05, 0) is 25.0 Å². The number of carbonyl (C=O) groups excluding carboxylic acids is 1. The van der Waals surface area contributed by atoms with Gasteiger partial charge in [-0.1, -0.05) is 6.07 Å². The van der Waals surface area contributed by atoms with Crippen molar-refractivity contribution in [3.05, 3.63) is 23.9 Å². The molecule has 1 saturated heterocycles. The van der Waals surface area contributed by atoms with Crippen molar-refractivity contribution in [2.45, 2.75) is 26.8 Å². The smallest absolute Gasteiger partial charge is 0.219 e. The van der Waals surface area contributed by atoms with Crippen LogP contribution < -0.4 is 5.32 Å². The molecule has 2 heterocycles. The SMILES string of the molecule is CCNc1ccc(CN2CCCN(C(C)=O)CC2)cn1. The Bertz CT molecular complexity index is 432. The van der Waals surface area contributed by atoms with Gasteiger partial charge in [-0.3, -0.25) is 9.69 Å². The Hall–Kier alpha value is -1.62. The van der Waals surface area contributed by atoms with E-state index < -0.39 is 0 Å². The minimum Gasteiger partial charge on any atom is -0.370 e. The normalized spacial score (nSPS) is 16.8. The zero-order chi connectivity index (χ0) is 14.4. The Kier molecular flexibility index (Phi) is 5.35. The molecule has 0 atom stereocenters. The first kappa shape index (κ1) is 14.8. The second kappa shape index (κ2) is 7.24. The summed E-state index contributed by atoms with van der Waals surface area (Å²) < 4.78 is 0. The summed E-state index contributed by atoms with van der Waals surface area (Å²) >= 11 is 0. The highest BCUT2D eigenvalue weighted by molar-refractivity contribution is 5.73. The van der Waals surface area contributed by atoms with E-state index in [1.165, 1.54) is 5.56 Å². The summed E-state index contributed by atoms with van der Waals surface area (Å²) in [5, 5.41) is 3.20. The van der Waals surface area contributed by atoms with E-state index in [1.807, 2.05) is 17.2 Å². The van der Waals surface area contributed by atoms with Crippen molar-refractivity contribution >= 4 is 11.7 Å². The third kappa shape index (κ3) is 4.20. The fraction of sp³-hybridized carbons (Fsp3) is 0.600. The molecule has 0 bridgehead atoms. The van der Waals surface area contributed by atoms with Gasteiger partial charge in [0.1, 0.15) is 5.82 Å². The van der Waals surface area contributed by atoms with Gasteiger partial charge in [0.2, 0.25) is 5.91 Å². The highest BCUT2D eigenvalue weighted by Gasteiger charge is 2.16. The lowest BCUT2D eigenvalue weighted by Crippen LogP contribution is -2.33. The van der Waals surface area contributed by atoms with Crippen LogP contribution in [-0.2, 0) is 11.3 Å². The van der Waals surface area contributed by atoms with Crippen LogP contribution >= 0.6 is 0 Å². The van der Waals surface area contributed by atoms with Gasteiger partial charge >= 0.3 is 0 Å². The number of pyridine rings is 1. The van der Waals surface area contributed by atoms with Crippen LogP contribution in [0.1, 0.15) is 25.8 Å². The van der Waals surface area contributed by atoms with Gasteiger partial charge < -0.3 is 10.2 Å². The van der Waals surface area contributed by atoms with Crippen LogP contribution in [0.2, 0.25) is 0 Å². The van der Waals surface area contributed by atoms with Crippen molar-refractivity contribution in [2.24, 2.45) is 0 Å². The van der Waals surface area contributed by atoms with Gasteiger partial charge in [0.15, 0.2) is 0 Å². The lowest BCUT2D eigenvalue weighted by Gasteiger charge is -2.21. The van der Waals surface area contributed by atoms with E-state index in [1.54, 1.807) is 6.92 Å². The predicted molar refractivity (Wildman–Crippen MR) is 80.5 cm³/mol. The lowest BCUT2D eigenvalue weighted by atomic mass is 10.2. The third-order valence-corrected chi connectivity index (χ3v) is 3.62. The van der Waals surface area contributed by atoms with Crippen molar-refractivity contribution in [1.29, 1.82) is 0 Å². The van der Waals surface area contributed by atoms with E-state index >= 15 is 0 Å². The van der Waals surface area contributed by atoms with E-state index in [4.69, 9.17) is 0 Å². The molecule has 0 spiro atoms. The zero-order valence-electron chi connectivity index (χ0n) is 12.4. The van der Waals surface area contributed by atoms with Crippen molar-refractivity contribution in [3.8, 4) is 0 Å². The van der Waals surface area contributed by atoms with Crippen molar-refractivity contribution in [2.75, 3.05) is 38.0 Å². The molecule has 0 aliphatic carbocycles. The largest absolute Gasteiger partial charge is 0.370 e. The van der Waals surface area contributed by atoms with E-state index in [2.05, 4.69) is 28.2 Å². The van der Waals surface area contributed by atoms with Crippen LogP contribution in [0.25, 0.3) is 0 Å². The van der Waals surface area contributed by atoms with Crippen molar-refractivity contribution in [1.82, 2.24) is 14.8 Å². The molecule has 0 aromatic carbocycles. The Morgan fingerprint density at radius 3 is 2.80 bits per heavy atom. The van der Waals surface area contributed by atoms with Crippen LogP contribution in [0.3, 0.4) is 0 Å². The Labute approximate surface area is 121 Å². The molecule has 20 heavy (non-hydrogen) atoms. The van der Waals surface area contributed by atoms with Gasteiger partial charge in [0.25, 0.3) is 0 Å². The second-order valence-electron chi connectivity index (χ2n) is 5.22. The molecular weight excluding hydrogens is 252 g/mol. The highest BCUT2D eigenvalue weighted by atomic mass is 16.2. The van der Waals surface area contributed by atoms with E-state index in [9.17, 15) is 4.79 Å². The summed E-state index contributed by atoms with van der Waals surface area (Å²) in [6, 6.07) is 4.15. The van der Waals surface area contributed by atoms with Crippen LogP contribution in [0.5, 0.6) is 0 Å². The summed E-state index contributed by atoms with van der Waals surface area (Å²) in [7, 11) is 0. The average molecular weight is 276 g/mol. The number of carbonyl (C=O) groups is 1. The number of anilines is 1. The minimum absolute atomic E-state index is 0.184. The Balaban J connectivity index is 1.88. The first-order valence-corrected chi connectivity index (χ1v) is 7.35. The quantitative estimate of drug-likeness (QED) is 0.907. The lowest BCUT2D eigenvalue weighted by molar-refractivity contribution is -0.128. The first-order valence-electron chi connectivity index (χ1n) is 7.35. The van der Waals surface area contributed by atoms with Crippen LogP contribution in [-0.4, -0.2) is 53.4 Å². The molecular formula is C15H24N4O. The monoisotopic (exact) mass is 276 g/mol.